The lowest BCUT2D eigenvalue weighted by Crippen LogP contribution is -2.23. The molecule has 1 atom stereocenters. The van der Waals surface area contributed by atoms with Gasteiger partial charge in [-0.25, -0.2) is 9.97 Å². The van der Waals surface area contributed by atoms with Gasteiger partial charge < -0.3 is 0 Å². The van der Waals surface area contributed by atoms with Crippen molar-refractivity contribution in [1.29, 1.82) is 0 Å². The van der Waals surface area contributed by atoms with Crippen molar-refractivity contribution >= 4 is 11.3 Å². The average molecular weight is 338 g/mol. The molecule has 5 heteroatoms. The van der Waals surface area contributed by atoms with Gasteiger partial charge in [0.15, 0.2) is 0 Å². The minimum Gasteiger partial charge on any atom is -0.290 e. The highest BCUT2D eigenvalue weighted by Gasteiger charge is 2.27. The molecular weight excluding hydrogens is 316 g/mol. The Morgan fingerprint density at radius 3 is 3.08 bits per heavy atom. The SMILES string of the molecule is CCc1nccn1-c1cccc(C2CCCN2Cc2ccsc2)n1. The van der Waals surface area contributed by atoms with Crippen molar-refractivity contribution in [1.82, 2.24) is 19.4 Å². The maximum absolute atomic E-state index is 4.97. The minimum absolute atomic E-state index is 0.415. The van der Waals surface area contributed by atoms with Crippen molar-refractivity contribution in [3.05, 3.63) is 64.5 Å². The third kappa shape index (κ3) is 3.01. The Bertz CT molecular complexity index is 793. The van der Waals surface area contributed by atoms with Crippen molar-refractivity contribution in [2.45, 2.75) is 38.8 Å². The van der Waals surface area contributed by atoms with E-state index in [2.05, 4.69) is 56.4 Å². The van der Waals surface area contributed by atoms with Crippen LogP contribution in [0.5, 0.6) is 0 Å². The van der Waals surface area contributed by atoms with E-state index in [1.165, 1.54) is 24.1 Å². The first-order chi connectivity index (χ1) is 11.8. The van der Waals surface area contributed by atoms with Crippen LogP contribution in [0, 0.1) is 0 Å². The van der Waals surface area contributed by atoms with Gasteiger partial charge in [0.2, 0.25) is 0 Å². The molecule has 3 aromatic rings. The highest BCUT2D eigenvalue weighted by molar-refractivity contribution is 7.07. The molecule has 1 fully saturated rings. The van der Waals surface area contributed by atoms with E-state index in [1.54, 1.807) is 11.3 Å². The molecule has 4 rings (SSSR count). The molecule has 0 aromatic carbocycles. The number of pyridine rings is 1. The number of hydrogen-bond donors (Lipinski definition) is 0. The number of thiophene rings is 1. The summed E-state index contributed by atoms with van der Waals surface area (Å²) in [4.78, 5) is 11.9. The van der Waals surface area contributed by atoms with Crippen molar-refractivity contribution in [3.8, 4) is 5.82 Å². The maximum Gasteiger partial charge on any atom is 0.138 e. The molecule has 1 aliphatic rings. The highest BCUT2D eigenvalue weighted by Crippen LogP contribution is 2.32. The van der Waals surface area contributed by atoms with E-state index in [-0.39, 0.29) is 0 Å². The molecule has 24 heavy (non-hydrogen) atoms. The zero-order valence-corrected chi connectivity index (χ0v) is 14.7. The monoisotopic (exact) mass is 338 g/mol. The van der Waals surface area contributed by atoms with Crippen molar-refractivity contribution < 1.29 is 0 Å². The first kappa shape index (κ1) is 15.5. The molecule has 124 valence electrons. The number of aromatic nitrogens is 3. The second-order valence-electron chi connectivity index (χ2n) is 6.25. The third-order valence-electron chi connectivity index (χ3n) is 4.71. The van der Waals surface area contributed by atoms with Crippen LogP contribution in [0.2, 0.25) is 0 Å². The average Bonchev–Trinajstić information content (AvgIpc) is 3.37. The number of imidazole rings is 1. The fourth-order valence-corrected chi connectivity index (χ4v) is 4.19. The number of hydrogen-bond acceptors (Lipinski definition) is 4. The first-order valence-electron chi connectivity index (χ1n) is 8.60. The fourth-order valence-electron chi connectivity index (χ4n) is 3.53. The van der Waals surface area contributed by atoms with Gasteiger partial charge in [-0.1, -0.05) is 13.0 Å². The van der Waals surface area contributed by atoms with Gasteiger partial charge in [0, 0.05) is 25.4 Å². The van der Waals surface area contributed by atoms with Crippen LogP contribution in [-0.4, -0.2) is 26.0 Å². The Morgan fingerprint density at radius 1 is 1.29 bits per heavy atom. The standard InChI is InChI=1S/C19H22N4S/c1-2-18-20-9-11-23(18)19-7-3-5-16(21-19)17-6-4-10-22(17)13-15-8-12-24-14-15/h3,5,7-9,11-12,14,17H,2,4,6,10,13H2,1H3. The third-order valence-corrected chi connectivity index (χ3v) is 5.44. The molecule has 4 heterocycles. The molecule has 3 aromatic heterocycles. The van der Waals surface area contributed by atoms with Gasteiger partial charge >= 0.3 is 0 Å². The molecule has 0 bridgehead atoms. The van der Waals surface area contributed by atoms with E-state index in [4.69, 9.17) is 4.98 Å². The van der Waals surface area contributed by atoms with Gasteiger partial charge in [-0.3, -0.25) is 9.47 Å². The van der Waals surface area contributed by atoms with Gasteiger partial charge in [0.1, 0.15) is 11.6 Å². The molecule has 0 amide bonds. The summed E-state index contributed by atoms with van der Waals surface area (Å²) in [6, 6.07) is 9.00. The fraction of sp³-hybridized carbons (Fsp3) is 0.368. The first-order valence-corrected chi connectivity index (χ1v) is 9.54. The van der Waals surface area contributed by atoms with Crippen LogP contribution in [-0.2, 0) is 13.0 Å². The van der Waals surface area contributed by atoms with E-state index in [9.17, 15) is 0 Å². The summed E-state index contributed by atoms with van der Waals surface area (Å²) in [6.07, 6.45) is 7.19. The summed E-state index contributed by atoms with van der Waals surface area (Å²) in [5.74, 6) is 2.03. The topological polar surface area (TPSA) is 34.0 Å². The summed E-state index contributed by atoms with van der Waals surface area (Å²) in [7, 11) is 0. The zero-order valence-electron chi connectivity index (χ0n) is 13.9. The molecule has 1 aliphatic heterocycles. The van der Waals surface area contributed by atoms with E-state index in [0.717, 1.165) is 31.2 Å². The van der Waals surface area contributed by atoms with Gasteiger partial charge in [0.25, 0.3) is 0 Å². The largest absolute Gasteiger partial charge is 0.290 e. The molecule has 4 nitrogen and oxygen atoms in total. The second-order valence-corrected chi connectivity index (χ2v) is 7.03. The van der Waals surface area contributed by atoms with E-state index < -0.39 is 0 Å². The van der Waals surface area contributed by atoms with Crippen molar-refractivity contribution in [3.63, 3.8) is 0 Å². The number of rotatable bonds is 5. The van der Waals surface area contributed by atoms with Crippen molar-refractivity contribution in [2.75, 3.05) is 6.54 Å². The van der Waals surface area contributed by atoms with Gasteiger partial charge in [0.05, 0.1) is 11.7 Å². The number of aryl methyl sites for hydroxylation is 1. The Hall–Kier alpha value is -1.98. The molecule has 1 saturated heterocycles. The lowest BCUT2D eigenvalue weighted by molar-refractivity contribution is 0.244. The summed E-state index contributed by atoms with van der Waals surface area (Å²) in [5.41, 5.74) is 2.59. The van der Waals surface area contributed by atoms with Gasteiger partial charge in [-0.2, -0.15) is 11.3 Å². The molecule has 0 aliphatic carbocycles. The summed E-state index contributed by atoms with van der Waals surface area (Å²) in [5, 5.41) is 4.41. The molecular formula is C19H22N4S. The molecule has 0 saturated carbocycles. The van der Waals surface area contributed by atoms with E-state index in [1.807, 2.05) is 12.4 Å². The normalized spacial score (nSPS) is 18.3. The van der Waals surface area contributed by atoms with Gasteiger partial charge in [-0.15, -0.1) is 0 Å². The van der Waals surface area contributed by atoms with E-state index >= 15 is 0 Å². The zero-order chi connectivity index (χ0) is 16.4. The van der Waals surface area contributed by atoms with Crippen LogP contribution in [0.1, 0.15) is 42.9 Å². The summed E-state index contributed by atoms with van der Waals surface area (Å²) >= 11 is 1.77. The minimum atomic E-state index is 0.415. The van der Waals surface area contributed by atoms with Crippen LogP contribution in [0.15, 0.2) is 47.4 Å². The predicted octanol–water partition coefficient (Wildman–Crippen LogP) is 4.23. The smallest absolute Gasteiger partial charge is 0.138 e. The second kappa shape index (κ2) is 6.87. The Labute approximate surface area is 146 Å². The lowest BCUT2D eigenvalue weighted by atomic mass is 10.1. The van der Waals surface area contributed by atoms with Gasteiger partial charge in [-0.05, 0) is 53.9 Å². The van der Waals surface area contributed by atoms with Crippen LogP contribution in [0.4, 0.5) is 0 Å². The molecule has 0 radical (unpaired) electrons. The predicted molar refractivity (Wildman–Crippen MR) is 97.4 cm³/mol. The Kier molecular flexibility index (Phi) is 4.45. The Balaban J connectivity index is 1.60. The summed E-state index contributed by atoms with van der Waals surface area (Å²) < 4.78 is 2.10. The van der Waals surface area contributed by atoms with Crippen LogP contribution >= 0.6 is 11.3 Å². The maximum atomic E-state index is 4.97. The molecule has 1 unspecified atom stereocenters. The molecule has 0 N–H and O–H groups in total. The lowest BCUT2D eigenvalue weighted by Gasteiger charge is -2.24. The number of nitrogens with zero attached hydrogens (tertiary/aromatic N) is 4. The molecule has 0 spiro atoms. The van der Waals surface area contributed by atoms with Crippen LogP contribution in [0.25, 0.3) is 5.82 Å². The quantitative estimate of drug-likeness (QED) is 0.698. The summed E-state index contributed by atoms with van der Waals surface area (Å²) in [6.45, 7) is 4.30. The van der Waals surface area contributed by atoms with Crippen LogP contribution in [0.3, 0.4) is 0 Å². The highest BCUT2D eigenvalue weighted by atomic mass is 32.1. The van der Waals surface area contributed by atoms with E-state index in [0.29, 0.717) is 6.04 Å². The van der Waals surface area contributed by atoms with Crippen LogP contribution < -0.4 is 0 Å². The number of likely N-dealkylation sites (tertiary alicyclic amines) is 1. The van der Waals surface area contributed by atoms with Crippen molar-refractivity contribution in [2.24, 2.45) is 0 Å². The Morgan fingerprint density at radius 2 is 2.25 bits per heavy atom.